The van der Waals surface area contributed by atoms with Crippen LogP contribution in [0.4, 0.5) is 10.1 Å². The molecule has 0 aliphatic heterocycles. The van der Waals surface area contributed by atoms with Gasteiger partial charge in [-0.2, -0.15) is 5.26 Å². The van der Waals surface area contributed by atoms with E-state index in [0.29, 0.717) is 18.5 Å². The summed E-state index contributed by atoms with van der Waals surface area (Å²) < 4.78 is 19.1. The van der Waals surface area contributed by atoms with Crippen molar-refractivity contribution >= 4 is 11.6 Å². The van der Waals surface area contributed by atoms with Crippen LogP contribution in [0.1, 0.15) is 18.9 Å². The lowest BCUT2D eigenvalue weighted by atomic mass is 10.1. The molecule has 5 heteroatoms. The summed E-state index contributed by atoms with van der Waals surface area (Å²) in [6.07, 6.45) is -0.0554. The molecule has 1 N–H and O–H groups in total. The summed E-state index contributed by atoms with van der Waals surface area (Å²) >= 11 is 0. The first-order valence-corrected chi connectivity index (χ1v) is 7.32. The predicted octanol–water partition coefficient (Wildman–Crippen LogP) is 3.69. The summed E-state index contributed by atoms with van der Waals surface area (Å²) in [5.74, 6) is -0.790. The third-order valence-corrected chi connectivity index (χ3v) is 3.27. The molecule has 0 fully saturated rings. The molecule has 0 bridgehead atoms. The zero-order valence-corrected chi connectivity index (χ0v) is 12.8. The molecule has 1 unspecified atom stereocenters. The molecule has 4 nitrogen and oxygen atoms in total. The first kappa shape index (κ1) is 16.5. The van der Waals surface area contributed by atoms with Gasteiger partial charge >= 0.3 is 0 Å². The standard InChI is InChI=1S/C18H17FN2O2/c1-2-16(23-17-6-4-3-5-15(17)19)18(22)21-14-9-7-13(8-10-14)11-12-20/h3-10,16H,2,11H2,1H3,(H,21,22). The van der Waals surface area contributed by atoms with Gasteiger partial charge in [-0.1, -0.05) is 31.2 Å². The maximum Gasteiger partial charge on any atom is 0.265 e. The number of benzene rings is 2. The molecule has 0 heterocycles. The Hall–Kier alpha value is -2.87. The Morgan fingerprint density at radius 1 is 1.26 bits per heavy atom. The molecule has 0 radical (unpaired) electrons. The molecule has 2 aromatic rings. The van der Waals surface area contributed by atoms with E-state index in [4.69, 9.17) is 10.00 Å². The first-order valence-electron chi connectivity index (χ1n) is 7.32. The van der Waals surface area contributed by atoms with Crippen LogP contribution in [0.5, 0.6) is 5.75 Å². The molecule has 2 aromatic carbocycles. The molecule has 118 valence electrons. The number of ether oxygens (including phenoxy) is 1. The molecule has 0 saturated carbocycles. The summed E-state index contributed by atoms with van der Waals surface area (Å²) in [6, 6.07) is 15.0. The zero-order valence-electron chi connectivity index (χ0n) is 12.8. The van der Waals surface area contributed by atoms with Crippen molar-refractivity contribution in [3.8, 4) is 11.8 Å². The van der Waals surface area contributed by atoms with Crippen LogP contribution in [0.3, 0.4) is 0 Å². The quantitative estimate of drug-likeness (QED) is 0.885. The molecule has 0 aliphatic carbocycles. The molecule has 23 heavy (non-hydrogen) atoms. The number of hydrogen-bond acceptors (Lipinski definition) is 3. The van der Waals surface area contributed by atoms with Crippen LogP contribution in [-0.4, -0.2) is 12.0 Å². The number of carbonyl (C=O) groups is 1. The van der Waals surface area contributed by atoms with E-state index < -0.39 is 11.9 Å². The SMILES string of the molecule is CCC(Oc1ccccc1F)C(=O)Nc1ccc(CC#N)cc1. The number of hydrogen-bond donors (Lipinski definition) is 1. The summed E-state index contributed by atoms with van der Waals surface area (Å²) in [4.78, 5) is 12.3. The van der Waals surface area contributed by atoms with Gasteiger partial charge in [-0.25, -0.2) is 4.39 Å². The highest BCUT2D eigenvalue weighted by molar-refractivity contribution is 5.94. The number of carbonyl (C=O) groups excluding carboxylic acids is 1. The van der Waals surface area contributed by atoms with Gasteiger partial charge in [0.15, 0.2) is 17.7 Å². The van der Waals surface area contributed by atoms with Gasteiger partial charge < -0.3 is 10.1 Å². The first-order chi connectivity index (χ1) is 11.1. The number of rotatable bonds is 6. The van der Waals surface area contributed by atoms with Crippen molar-refractivity contribution in [2.24, 2.45) is 0 Å². The van der Waals surface area contributed by atoms with E-state index in [1.54, 1.807) is 43.3 Å². The van der Waals surface area contributed by atoms with E-state index in [9.17, 15) is 9.18 Å². The van der Waals surface area contributed by atoms with Crippen molar-refractivity contribution in [2.45, 2.75) is 25.9 Å². The average molecular weight is 312 g/mol. The minimum Gasteiger partial charge on any atom is -0.478 e. The fraction of sp³-hybridized carbons (Fsp3) is 0.222. The number of amides is 1. The van der Waals surface area contributed by atoms with Crippen molar-refractivity contribution in [1.82, 2.24) is 0 Å². The van der Waals surface area contributed by atoms with Gasteiger partial charge in [0.2, 0.25) is 0 Å². The van der Waals surface area contributed by atoms with Gasteiger partial charge in [0.1, 0.15) is 0 Å². The van der Waals surface area contributed by atoms with Gasteiger partial charge in [-0.05, 0) is 36.2 Å². The van der Waals surface area contributed by atoms with Crippen molar-refractivity contribution in [1.29, 1.82) is 5.26 Å². The second-order valence-corrected chi connectivity index (χ2v) is 4.97. The smallest absolute Gasteiger partial charge is 0.265 e. The van der Waals surface area contributed by atoms with Gasteiger partial charge in [-0.15, -0.1) is 0 Å². The zero-order chi connectivity index (χ0) is 16.7. The van der Waals surface area contributed by atoms with E-state index in [2.05, 4.69) is 11.4 Å². The second kappa shape index (κ2) is 7.95. The topological polar surface area (TPSA) is 62.1 Å². The van der Waals surface area contributed by atoms with Gasteiger partial charge in [-0.3, -0.25) is 4.79 Å². The fourth-order valence-electron chi connectivity index (χ4n) is 2.04. The molecular weight excluding hydrogens is 295 g/mol. The third kappa shape index (κ3) is 4.55. The van der Waals surface area contributed by atoms with Crippen molar-refractivity contribution in [3.05, 3.63) is 59.9 Å². The summed E-state index contributed by atoms with van der Waals surface area (Å²) in [5, 5.41) is 11.4. The highest BCUT2D eigenvalue weighted by atomic mass is 19.1. The third-order valence-electron chi connectivity index (χ3n) is 3.27. The Balaban J connectivity index is 2.02. The monoisotopic (exact) mass is 312 g/mol. The Morgan fingerprint density at radius 3 is 2.57 bits per heavy atom. The molecule has 0 aliphatic rings. The molecule has 1 atom stereocenters. The molecule has 1 amide bonds. The van der Waals surface area contributed by atoms with Gasteiger partial charge in [0, 0.05) is 5.69 Å². The lowest BCUT2D eigenvalue weighted by molar-refractivity contribution is -0.122. The van der Waals surface area contributed by atoms with Crippen LogP contribution in [0.15, 0.2) is 48.5 Å². The molecule has 2 rings (SSSR count). The maximum atomic E-state index is 13.6. The molecule has 0 aromatic heterocycles. The number of halogens is 1. The number of nitrogens with one attached hydrogen (secondary N) is 1. The lowest BCUT2D eigenvalue weighted by Gasteiger charge is -2.17. The highest BCUT2D eigenvalue weighted by Crippen LogP contribution is 2.19. The van der Waals surface area contributed by atoms with Crippen LogP contribution >= 0.6 is 0 Å². The van der Waals surface area contributed by atoms with Crippen molar-refractivity contribution in [3.63, 3.8) is 0 Å². The average Bonchev–Trinajstić information content (AvgIpc) is 2.56. The second-order valence-electron chi connectivity index (χ2n) is 4.97. The van der Waals surface area contributed by atoms with Crippen LogP contribution in [0.25, 0.3) is 0 Å². The molecule has 0 spiro atoms. The number of anilines is 1. The van der Waals surface area contributed by atoms with Gasteiger partial charge in [0.25, 0.3) is 5.91 Å². The van der Waals surface area contributed by atoms with E-state index >= 15 is 0 Å². The Labute approximate surface area is 134 Å². The van der Waals surface area contributed by atoms with Crippen LogP contribution in [0, 0.1) is 17.1 Å². The van der Waals surface area contributed by atoms with E-state index in [0.717, 1.165) is 5.56 Å². The number of nitriles is 1. The van der Waals surface area contributed by atoms with E-state index in [-0.39, 0.29) is 11.7 Å². The summed E-state index contributed by atoms with van der Waals surface area (Å²) in [7, 11) is 0. The molecular formula is C18H17FN2O2. The predicted molar refractivity (Wildman–Crippen MR) is 85.5 cm³/mol. The minimum atomic E-state index is -0.786. The Morgan fingerprint density at radius 2 is 1.96 bits per heavy atom. The van der Waals surface area contributed by atoms with E-state index in [1.165, 1.54) is 12.1 Å². The molecule has 0 saturated heterocycles. The lowest BCUT2D eigenvalue weighted by Crippen LogP contribution is -2.32. The van der Waals surface area contributed by atoms with Crippen LogP contribution in [0.2, 0.25) is 0 Å². The highest BCUT2D eigenvalue weighted by Gasteiger charge is 2.19. The normalized spacial score (nSPS) is 11.3. The Kier molecular flexibility index (Phi) is 5.70. The largest absolute Gasteiger partial charge is 0.478 e. The summed E-state index contributed by atoms with van der Waals surface area (Å²) in [5.41, 5.74) is 1.48. The minimum absolute atomic E-state index is 0.0545. The number of nitrogens with zero attached hydrogens (tertiary/aromatic N) is 1. The van der Waals surface area contributed by atoms with Crippen LogP contribution in [-0.2, 0) is 11.2 Å². The Bertz CT molecular complexity index is 708. The van der Waals surface area contributed by atoms with Gasteiger partial charge in [0.05, 0.1) is 12.5 Å². The fourth-order valence-corrected chi connectivity index (χ4v) is 2.04. The maximum absolute atomic E-state index is 13.6. The van der Waals surface area contributed by atoms with Crippen LogP contribution < -0.4 is 10.1 Å². The summed E-state index contributed by atoms with van der Waals surface area (Å²) in [6.45, 7) is 1.79. The van der Waals surface area contributed by atoms with Crippen molar-refractivity contribution in [2.75, 3.05) is 5.32 Å². The number of para-hydroxylation sites is 1. The van der Waals surface area contributed by atoms with Crippen molar-refractivity contribution < 1.29 is 13.9 Å². The van der Waals surface area contributed by atoms with E-state index in [1.807, 2.05) is 0 Å².